The van der Waals surface area contributed by atoms with Crippen LogP contribution in [-0.2, 0) is 6.18 Å². The minimum Gasteiger partial charge on any atom is -0.308 e. The lowest BCUT2D eigenvalue weighted by Crippen LogP contribution is -2.25. The summed E-state index contributed by atoms with van der Waals surface area (Å²) in [5, 5.41) is 2.15. The van der Waals surface area contributed by atoms with Crippen molar-refractivity contribution in [2.75, 3.05) is 7.05 Å². The Labute approximate surface area is 131 Å². The van der Waals surface area contributed by atoms with E-state index in [-0.39, 0.29) is 10.8 Å². The molecular formula is C14H19F6NS. The fraction of sp³-hybridized carbons (Fsp3) is 0.571. The summed E-state index contributed by atoms with van der Waals surface area (Å²) in [5.41, 5.74) is -1.70. The van der Waals surface area contributed by atoms with Crippen molar-refractivity contribution in [3.8, 4) is 0 Å². The Balaban J connectivity index is 0.000000763. The summed E-state index contributed by atoms with van der Waals surface area (Å²) in [6.45, 7) is 6.16. The van der Waals surface area contributed by atoms with E-state index in [2.05, 4.69) is 38.7 Å². The molecule has 1 nitrogen and oxygen atoms in total. The van der Waals surface area contributed by atoms with Gasteiger partial charge in [0.15, 0.2) is 0 Å². The molecule has 0 amide bonds. The zero-order valence-corrected chi connectivity index (χ0v) is 13.5. The smallest absolute Gasteiger partial charge is 0.308 e. The molecule has 0 aliphatic heterocycles. The molecule has 8 heteroatoms. The van der Waals surface area contributed by atoms with Crippen LogP contribution in [0.1, 0.15) is 37.9 Å². The number of hydrogen-bond donors (Lipinski definition) is 2. The highest BCUT2D eigenvalue weighted by atomic mass is 32.1. The number of thiol groups is 1. The molecule has 0 radical (unpaired) electrons. The Hall–Kier alpha value is -0.890. The van der Waals surface area contributed by atoms with Gasteiger partial charge < -0.3 is 5.32 Å². The fourth-order valence-corrected chi connectivity index (χ4v) is 1.37. The molecule has 0 heterocycles. The number of hydrogen-bond acceptors (Lipinski definition) is 2. The highest BCUT2D eigenvalue weighted by molar-refractivity contribution is 7.81. The second-order valence-electron chi connectivity index (χ2n) is 5.51. The SMILES string of the molecule is CC(C)(C)S.CNC(c1ccc(C(F)(F)F)cc1F)C(F)F. The summed E-state index contributed by atoms with van der Waals surface area (Å²) >= 11 is 4.12. The quantitative estimate of drug-likeness (QED) is 0.574. The van der Waals surface area contributed by atoms with Crippen LogP contribution in [0.4, 0.5) is 26.3 Å². The van der Waals surface area contributed by atoms with Crippen molar-refractivity contribution in [2.45, 2.75) is 44.2 Å². The van der Waals surface area contributed by atoms with Gasteiger partial charge in [-0.2, -0.15) is 25.8 Å². The number of halogens is 6. The number of rotatable bonds is 3. The molecule has 1 aromatic carbocycles. The molecule has 1 N–H and O–H groups in total. The van der Waals surface area contributed by atoms with Gasteiger partial charge in [-0.1, -0.05) is 26.8 Å². The summed E-state index contributed by atoms with van der Waals surface area (Å²) in [7, 11) is 1.17. The van der Waals surface area contributed by atoms with Gasteiger partial charge >= 0.3 is 6.18 Å². The van der Waals surface area contributed by atoms with E-state index in [1.807, 2.05) is 0 Å². The van der Waals surface area contributed by atoms with Gasteiger partial charge in [0, 0.05) is 10.3 Å². The predicted octanol–water partition coefficient (Wildman–Crippen LogP) is 5.08. The molecule has 0 bridgehead atoms. The van der Waals surface area contributed by atoms with E-state index in [9.17, 15) is 26.3 Å². The van der Waals surface area contributed by atoms with E-state index in [4.69, 9.17) is 0 Å². The predicted molar refractivity (Wildman–Crippen MR) is 77.9 cm³/mol. The first kappa shape index (κ1) is 21.1. The van der Waals surface area contributed by atoms with Crippen molar-refractivity contribution >= 4 is 12.6 Å². The van der Waals surface area contributed by atoms with E-state index in [1.165, 1.54) is 7.05 Å². The highest BCUT2D eigenvalue weighted by Gasteiger charge is 2.32. The van der Waals surface area contributed by atoms with E-state index in [1.54, 1.807) is 0 Å². The first-order valence-electron chi connectivity index (χ1n) is 6.31. The first-order chi connectivity index (χ1) is 9.77. The summed E-state index contributed by atoms with van der Waals surface area (Å²) in [6, 6.07) is -0.129. The van der Waals surface area contributed by atoms with Crippen molar-refractivity contribution in [1.82, 2.24) is 5.32 Å². The topological polar surface area (TPSA) is 12.0 Å². The van der Waals surface area contributed by atoms with Crippen LogP contribution in [0.15, 0.2) is 18.2 Å². The maximum atomic E-state index is 13.3. The molecule has 0 saturated carbocycles. The van der Waals surface area contributed by atoms with Crippen molar-refractivity contribution in [3.05, 3.63) is 35.1 Å². The van der Waals surface area contributed by atoms with Gasteiger partial charge in [0.2, 0.25) is 0 Å². The van der Waals surface area contributed by atoms with E-state index in [0.717, 1.165) is 0 Å². The molecule has 0 saturated heterocycles. The highest BCUT2D eigenvalue weighted by Crippen LogP contribution is 2.32. The number of benzene rings is 1. The Bertz CT molecular complexity index is 461. The summed E-state index contributed by atoms with van der Waals surface area (Å²) in [6.07, 6.45) is -7.61. The maximum absolute atomic E-state index is 13.3. The van der Waals surface area contributed by atoms with Gasteiger partial charge in [-0.05, 0) is 19.2 Å². The molecule has 1 atom stereocenters. The van der Waals surface area contributed by atoms with E-state index in [0.29, 0.717) is 12.1 Å². The molecule has 0 aliphatic carbocycles. The van der Waals surface area contributed by atoms with E-state index < -0.39 is 35.6 Å². The average molecular weight is 347 g/mol. The van der Waals surface area contributed by atoms with Crippen LogP contribution in [0, 0.1) is 5.82 Å². The third kappa shape index (κ3) is 7.93. The van der Waals surface area contributed by atoms with Crippen LogP contribution in [0.5, 0.6) is 0 Å². The summed E-state index contributed by atoms with van der Waals surface area (Å²) in [4.78, 5) is 0. The lowest BCUT2D eigenvalue weighted by atomic mass is 10.0. The summed E-state index contributed by atoms with van der Waals surface area (Å²) < 4.78 is 75.0. The van der Waals surface area contributed by atoms with Crippen LogP contribution >= 0.6 is 12.6 Å². The third-order valence-electron chi connectivity index (χ3n) is 2.23. The van der Waals surface area contributed by atoms with Gasteiger partial charge in [0.05, 0.1) is 11.6 Å². The van der Waals surface area contributed by atoms with Gasteiger partial charge in [-0.25, -0.2) is 13.2 Å². The fourth-order valence-electron chi connectivity index (χ4n) is 1.37. The van der Waals surface area contributed by atoms with Crippen LogP contribution in [-0.4, -0.2) is 18.2 Å². The third-order valence-corrected chi connectivity index (χ3v) is 2.23. The Morgan fingerprint density at radius 2 is 1.55 bits per heavy atom. The van der Waals surface area contributed by atoms with Gasteiger partial charge in [0.1, 0.15) is 5.82 Å². The largest absolute Gasteiger partial charge is 0.416 e. The molecule has 0 aromatic heterocycles. The summed E-state index contributed by atoms with van der Waals surface area (Å²) in [5.74, 6) is -1.31. The van der Waals surface area contributed by atoms with Crippen molar-refractivity contribution < 1.29 is 26.3 Å². The van der Waals surface area contributed by atoms with Gasteiger partial charge in [-0.15, -0.1) is 0 Å². The Morgan fingerprint density at radius 3 is 1.82 bits per heavy atom. The van der Waals surface area contributed by atoms with Crippen LogP contribution in [0.2, 0.25) is 0 Å². The average Bonchev–Trinajstić information content (AvgIpc) is 2.28. The van der Waals surface area contributed by atoms with Crippen LogP contribution < -0.4 is 5.32 Å². The minimum atomic E-state index is -4.70. The Kier molecular flexibility index (Phi) is 7.77. The number of alkyl halides is 5. The lowest BCUT2D eigenvalue weighted by Gasteiger charge is -2.17. The second-order valence-corrected chi connectivity index (χ2v) is 6.85. The molecule has 128 valence electrons. The normalized spacial score (nSPS) is 13.6. The van der Waals surface area contributed by atoms with Gasteiger partial charge in [0.25, 0.3) is 6.43 Å². The minimum absolute atomic E-state index is 0.194. The zero-order valence-electron chi connectivity index (χ0n) is 12.6. The molecule has 1 rings (SSSR count). The molecule has 0 aliphatic rings. The molecule has 0 spiro atoms. The van der Waals surface area contributed by atoms with Gasteiger partial charge in [-0.3, -0.25) is 0 Å². The zero-order chi connectivity index (χ0) is 17.7. The van der Waals surface area contributed by atoms with Crippen molar-refractivity contribution in [2.24, 2.45) is 0 Å². The first-order valence-corrected chi connectivity index (χ1v) is 6.76. The monoisotopic (exact) mass is 347 g/mol. The second kappa shape index (κ2) is 8.10. The standard InChI is InChI=1S/C10H9F6N.C4H10S/c1-17-8(9(12)13)6-3-2-5(4-7(6)11)10(14,15)16;1-4(2,3)5/h2-4,8-9,17H,1H3;5H,1-3H3. The maximum Gasteiger partial charge on any atom is 0.416 e. The van der Waals surface area contributed by atoms with Crippen molar-refractivity contribution in [3.63, 3.8) is 0 Å². The molecule has 1 aromatic rings. The Morgan fingerprint density at radius 1 is 1.09 bits per heavy atom. The lowest BCUT2D eigenvalue weighted by molar-refractivity contribution is -0.137. The molecule has 22 heavy (non-hydrogen) atoms. The molecule has 1 unspecified atom stereocenters. The van der Waals surface area contributed by atoms with Crippen LogP contribution in [0.25, 0.3) is 0 Å². The molecule has 0 fully saturated rings. The van der Waals surface area contributed by atoms with Crippen LogP contribution in [0.3, 0.4) is 0 Å². The van der Waals surface area contributed by atoms with E-state index >= 15 is 0 Å². The van der Waals surface area contributed by atoms with Crippen molar-refractivity contribution in [1.29, 1.82) is 0 Å². The number of nitrogens with one attached hydrogen (secondary N) is 1. The molecular weight excluding hydrogens is 328 g/mol.